The Kier molecular flexibility index (Phi) is 5.51. The number of nitrogens with zero attached hydrogens (tertiary/aromatic N) is 4. The molecule has 5 rings (SSSR count). The smallest absolute Gasteiger partial charge is 0.303 e. The molecule has 7 nitrogen and oxygen atoms in total. The van der Waals surface area contributed by atoms with Crippen LogP contribution in [0.15, 0.2) is 41.1 Å². The average Bonchev–Trinajstić information content (AvgIpc) is 3.20. The van der Waals surface area contributed by atoms with Crippen molar-refractivity contribution in [2.24, 2.45) is 5.92 Å². The van der Waals surface area contributed by atoms with Gasteiger partial charge in [-0.1, -0.05) is 17.7 Å². The van der Waals surface area contributed by atoms with Crippen molar-refractivity contribution >= 4 is 55.9 Å². The van der Waals surface area contributed by atoms with Gasteiger partial charge in [0.15, 0.2) is 5.65 Å². The van der Waals surface area contributed by atoms with E-state index in [1.54, 1.807) is 16.9 Å². The molecule has 1 aromatic carbocycles. The van der Waals surface area contributed by atoms with Gasteiger partial charge in [-0.05, 0) is 71.3 Å². The number of carboxylic acid groups (broad SMARTS) is 1. The van der Waals surface area contributed by atoms with Crippen LogP contribution in [0, 0.1) is 5.92 Å². The second-order valence-corrected chi connectivity index (χ2v) is 9.55. The lowest BCUT2D eigenvalue weighted by molar-refractivity contribution is -0.138. The van der Waals surface area contributed by atoms with E-state index in [1.807, 2.05) is 24.3 Å². The van der Waals surface area contributed by atoms with Crippen LogP contribution in [0.5, 0.6) is 0 Å². The van der Waals surface area contributed by atoms with Gasteiger partial charge < -0.3 is 10.8 Å². The summed E-state index contributed by atoms with van der Waals surface area (Å²) in [4.78, 5) is 20.5. The molecule has 1 aliphatic carbocycles. The van der Waals surface area contributed by atoms with Crippen LogP contribution in [0.1, 0.15) is 43.7 Å². The molecule has 3 aromatic heterocycles. The molecule has 0 aliphatic heterocycles. The molecule has 0 atom stereocenters. The van der Waals surface area contributed by atoms with Crippen LogP contribution in [0.25, 0.3) is 27.7 Å². The maximum absolute atomic E-state index is 11.1. The summed E-state index contributed by atoms with van der Waals surface area (Å²) in [7, 11) is 0. The van der Waals surface area contributed by atoms with Crippen molar-refractivity contribution in [3.05, 3.63) is 51.8 Å². The second kappa shape index (κ2) is 8.33. The molecule has 1 fully saturated rings. The third-order valence-corrected chi connectivity index (χ3v) is 7.39. The predicted molar refractivity (Wildman–Crippen MR) is 128 cm³/mol. The number of fused-ring (bicyclic) bond motifs is 2. The lowest BCUT2D eigenvalue weighted by Gasteiger charge is -2.28. The number of carboxylic acids is 1. The molecule has 0 bridgehead atoms. The second-order valence-electron chi connectivity index (χ2n) is 8.33. The van der Waals surface area contributed by atoms with Crippen LogP contribution >= 0.6 is 27.5 Å². The number of carbonyl (C=O) groups is 1. The van der Waals surface area contributed by atoms with Crippen LogP contribution in [0.2, 0.25) is 5.02 Å². The van der Waals surface area contributed by atoms with E-state index in [0.29, 0.717) is 16.5 Å². The minimum Gasteiger partial charge on any atom is -0.481 e. The maximum atomic E-state index is 11.1. The number of hydrogen-bond acceptors (Lipinski definition) is 5. The highest BCUT2D eigenvalue weighted by molar-refractivity contribution is 9.10. The molecule has 1 aliphatic rings. The summed E-state index contributed by atoms with van der Waals surface area (Å²) in [5.74, 6) is 0.222. The van der Waals surface area contributed by atoms with Crippen molar-refractivity contribution < 1.29 is 9.90 Å². The van der Waals surface area contributed by atoms with Crippen molar-refractivity contribution in [1.29, 1.82) is 0 Å². The van der Waals surface area contributed by atoms with Gasteiger partial charge in [0.05, 0.1) is 21.9 Å². The van der Waals surface area contributed by atoms with E-state index in [2.05, 4.69) is 26.0 Å². The maximum Gasteiger partial charge on any atom is 0.303 e. The summed E-state index contributed by atoms with van der Waals surface area (Å²) in [6, 6.07) is 7.59. The van der Waals surface area contributed by atoms with Crippen LogP contribution in [0.3, 0.4) is 0 Å². The average molecular weight is 515 g/mol. The fraction of sp³-hybridized carbons (Fsp3) is 0.304. The number of pyridine rings is 1. The molecule has 0 saturated heterocycles. The van der Waals surface area contributed by atoms with Crippen molar-refractivity contribution in [2.45, 2.75) is 38.0 Å². The summed E-state index contributed by atoms with van der Waals surface area (Å²) in [5.41, 5.74) is 10.7. The Morgan fingerprint density at radius 2 is 2.00 bits per heavy atom. The highest BCUT2D eigenvalue weighted by Crippen LogP contribution is 2.41. The number of aromatic nitrogens is 4. The van der Waals surface area contributed by atoms with Gasteiger partial charge in [-0.3, -0.25) is 9.78 Å². The quantitative estimate of drug-likeness (QED) is 0.362. The summed E-state index contributed by atoms with van der Waals surface area (Å²) < 4.78 is 2.41. The molecule has 0 spiro atoms. The first-order valence-electron chi connectivity index (χ1n) is 10.5. The molecule has 0 radical (unpaired) electrons. The number of anilines is 1. The highest BCUT2D eigenvalue weighted by atomic mass is 79.9. The van der Waals surface area contributed by atoms with Gasteiger partial charge >= 0.3 is 5.97 Å². The fourth-order valence-corrected chi connectivity index (χ4v) is 5.46. The zero-order chi connectivity index (χ0) is 22.4. The van der Waals surface area contributed by atoms with Gasteiger partial charge in [0.2, 0.25) is 0 Å². The minimum atomic E-state index is -0.729. The van der Waals surface area contributed by atoms with Gasteiger partial charge in [0, 0.05) is 34.5 Å². The third-order valence-electron chi connectivity index (χ3n) is 6.34. The zero-order valence-corrected chi connectivity index (χ0v) is 19.5. The van der Waals surface area contributed by atoms with Crippen LogP contribution in [-0.4, -0.2) is 30.7 Å². The highest BCUT2D eigenvalue weighted by Gasteiger charge is 2.28. The zero-order valence-electron chi connectivity index (χ0n) is 17.1. The van der Waals surface area contributed by atoms with Crippen molar-refractivity contribution in [1.82, 2.24) is 19.6 Å². The molecule has 3 N–H and O–H groups in total. The Labute approximate surface area is 197 Å². The fourth-order valence-electron chi connectivity index (χ4n) is 4.72. The Balaban J connectivity index is 1.58. The predicted octanol–water partition coefficient (Wildman–Crippen LogP) is 5.69. The van der Waals surface area contributed by atoms with Gasteiger partial charge in [-0.15, -0.1) is 0 Å². The van der Waals surface area contributed by atoms with E-state index in [0.717, 1.165) is 57.9 Å². The number of hydrogen-bond donors (Lipinski definition) is 2. The van der Waals surface area contributed by atoms with Gasteiger partial charge in [-0.25, -0.2) is 4.98 Å². The molecule has 1 saturated carbocycles. The van der Waals surface area contributed by atoms with Gasteiger partial charge in [-0.2, -0.15) is 9.61 Å². The first kappa shape index (κ1) is 21.2. The Hall–Kier alpha value is -2.71. The number of nitrogens with two attached hydrogens (primary N) is 1. The van der Waals surface area contributed by atoms with Crippen molar-refractivity contribution in [3.8, 4) is 11.1 Å². The summed E-state index contributed by atoms with van der Waals surface area (Å²) in [5, 5.41) is 15.2. The largest absolute Gasteiger partial charge is 0.481 e. The van der Waals surface area contributed by atoms with Gasteiger partial charge in [0.25, 0.3) is 0 Å². The number of halogens is 2. The van der Waals surface area contributed by atoms with E-state index in [9.17, 15) is 4.79 Å². The Bertz CT molecular complexity index is 1350. The van der Waals surface area contributed by atoms with Crippen LogP contribution in [-0.2, 0) is 4.79 Å². The molecule has 4 aromatic rings. The van der Waals surface area contributed by atoms with Crippen LogP contribution in [0.4, 0.5) is 5.82 Å². The number of aliphatic carboxylic acids is 1. The monoisotopic (exact) mass is 513 g/mol. The SMILES string of the molecule is Nc1c(Br)c(C2CCC(CC(=O)O)CC2)nc2c(-c3ccnc4cc(Cl)ccc34)cnn12. The summed E-state index contributed by atoms with van der Waals surface area (Å²) >= 11 is 9.79. The molecule has 3 heterocycles. The van der Waals surface area contributed by atoms with Crippen molar-refractivity contribution in [3.63, 3.8) is 0 Å². The minimum absolute atomic E-state index is 0.220. The lowest BCUT2D eigenvalue weighted by Crippen LogP contribution is -2.18. The van der Waals surface area contributed by atoms with Gasteiger partial charge in [0.1, 0.15) is 5.82 Å². The van der Waals surface area contributed by atoms with E-state index >= 15 is 0 Å². The standard InChI is InChI=1S/C23H21BrClN5O2/c24-20-21(13-3-1-12(2-4-13)9-19(31)32)29-23-17(11-28-30(23)22(20)26)15-7-8-27-18-10-14(25)5-6-16(15)18/h5-8,10-13H,1-4,9,26H2,(H,31,32). The molecule has 0 amide bonds. The van der Waals surface area contributed by atoms with E-state index in [-0.39, 0.29) is 18.3 Å². The lowest BCUT2D eigenvalue weighted by atomic mass is 9.79. The number of nitrogen functional groups attached to an aromatic ring is 1. The molecule has 0 unspecified atom stereocenters. The van der Waals surface area contributed by atoms with E-state index in [4.69, 9.17) is 27.4 Å². The third kappa shape index (κ3) is 3.71. The molecular weight excluding hydrogens is 494 g/mol. The Morgan fingerprint density at radius 3 is 2.75 bits per heavy atom. The topological polar surface area (TPSA) is 106 Å². The van der Waals surface area contributed by atoms with E-state index in [1.165, 1.54) is 0 Å². The Morgan fingerprint density at radius 1 is 1.22 bits per heavy atom. The number of benzene rings is 1. The summed E-state index contributed by atoms with van der Waals surface area (Å²) in [6.45, 7) is 0. The normalized spacial score (nSPS) is 18.9. The number of rotatable bonds is 4. The first-order chi connectivity index (χ1) is 15.4. The molecular formula is C23H21BrClN5O2. The van der Waals surface area contributed by atoms with E-state index < -0.39 is 5.97 Å². The first-order valence-corrected chi connectivity index (χ1v) is 11.7. The molecule has 164 valence electrons. The summed E-state index contributed by atoms with van der Waals surface area (Å²) in [6.07, 6.45) is 7.29. The molecule has 9 heteroatoms. The molecule has 32 heavy (non-hydrogen) atoms. The van der Waals surface area contributed by atoms with Crippen LogP contribution < -0.4 is 5.73 Å². The van der Waals surface area contributed by atoms with Crippen molar-refractivity contribution in [2.75, 3.05) is 5.73 Å².